The molecule has 0 amide bonds. The van der Waals surface area contributed by atoms with Crippen molar-refractivity contribution >= 4 is 26.0 Å². The van der Waals surface area contributed by atoms with Gasteiger partial charge in [0.05, 0.1) is 0 Å². The largest absolute Gasteiger partial charge is 0.243 e. The highest BCUT2D eigenvalue weighted by Gasteiger charge is 2.19. The van der Waals surface area contributed by atoms with Crippen molar-refractivity contribution in [2.24, 2.45) is 0 Å². The zero-order valence-electron chi connectivity index (χ0n) is 10.1. The van der Waals surface area contributed by atoms with Crippen LogP contribution >= 0.6 is 15.9 Å². The van der Waals surface area contributed by atoms with Gasteiger partial charge in [0.15, 0.2) is 0 Å². The van der Waals surface area contributed by atoms with Crippen LogP contribution in [0.4, 0.5) is 8.78 Å². The molecule has 0 saturated carbocycles. The molecule has 0 bridgehead atoms. The highest BCUT2D eigenvalue weighted by Crippen LogP contribution is 2.20. The van der Waals surface area contributed by atoms with E-state index in [1.807, 2.05) is 0 Å². The van der Waals surface area contributed by atoms with E-state index in [1.54, 1.807) is 0 Å². The molecular formula is C13H10BrF2NO2S. The molecule has 0 aromatic heterocycles. The van der Waals surface area contributed by atoms with Gasteiger partial charge in [-0.3, -0.25) is 0 Å². The molecule has 0 unspecified atom stereocenters. The Morgan fingerprint density at radius 3 is 2.35 bits per heavy atom. The Morgan fingerprint density at radius 2 is 1.70 bits per heavy atom. The average molecular weight is 362 g/mol. The van der Waals surface area contributed by atoms with Gasteiger partial charge in [-0.1, -0.05) is 28.1 Å². The van der Waals surface area contributed by atoms with Crippen LogP contribution in [-0.4, -0.2) is 8.42 Å². The summed E-state index contributed by atoms with van der Waals surface area (Å²) >= 11 is 3.09. The SMILES string of the molecule is O=S(=O)(NCc1ccc(F)cc1)c1cc(Br)ccc1F. The fourth-order valence-electron chi connectivity index (χ4n) is 1.54. The van der Waals surface area contributed by atoms with Gasteiger partial charge >= 0.3 is 0 Å². The second kappa shape index (κ2) is 5.99. The molecule has 2 aromatic carbocycles. The van der Waals surface area contributed by atoms with Gasteiger partial charge in [0.1, 0.15) is 16.5 Å². The van der Waals surface area contributed by atoms with Gasteiger partial charge in [-0.2, -0.15) is 0 Å². The van der Waals surface area contributed by atoms with Crippen molar-refractivity contribution in [1.29, 1.82) is 0 Å². The summed E-state index contributed by atoms with van der Waals surface area (Å²) in [5.74, 6) is -1.24. The minimum absolute atomic E-state index is 0.0471. The third-order valence-electron chi connectivity index (χ3n) is 2.56. The first-order valence-electron chi connectivity index (χ1n) is 5.58. The molecule has 2 rings (SSSR count). The Morgan fingerprint density at radius 1 is 1.05 bits per heavy atom. The Bertz CT molecular complexity index is 718. The Kier molecular flexibility index (Phi) is 4.52. The second-order valence-corrected chi connectivity index (χ2v) is 6.68. The van der Waals surface area contributed by atoms with Gasteiger partial charge in [0, 0.05) is 11.0 Å². The summed E-state index contributed by atoms with van der Waals surface area (Å²) < 4.78 is 53.0. The zero-order valence-corrected chi connectivity index (χ0v) is 12.5. The minimum atomic E-state index is -3.97. The monoisotopic (exact) mass is 361 g/mol. The lowest BCUT2D eigenvalue weighted by Gasteiger charge is -2.08. The van der Waals surface area contributed by atoms with Crippen LogP contribution in [-0.2, 0) is 16.6 Å². The van der Waals surface area contributed by atoms with E-state index >= 15 is 0 Å². The van der Waals surface area contributed by atoms with Crippen molar-refractivity contribution < 1.29 is 17.2 Å². The summed E-state index contributed by atoms with van der Waals surface area (Å²) in [6.07, 6.45) is 0. The van der Waals surface area contributed by atoms with Gasteiger partial charge < -0.3 is 0 Å². The standard InChI is InChI=1S/C13H10BrF2NO2S/c14-10-3-6-12(16)13(7-10)20(18,19)17-8-9-1-4-11(15)5-2-9/h1-7,17H,8H2. The summed E-state index contributed by atoms with van der Waals surface area (Å²) in [7, 11) is -3.97. The van der Waals surface area contributed by atoms with E-state index in [4.69, 9.17) is 0 Å². The second-order valence-electron chi connectivity index (χ2n) is 4.03. The van der Waals surface area contributed by atoms with Crippen molar-refractivity contribution in [2.45, 2.75) is 11.4 Å². The fraction of sp³-hybridized carbons (Fsp3) is 0.0769. The van der Waals surface area contributed by atoms with Crippen LogP contribution < -0.4 is 4.72 Å². The first kappa shape index (κ1) is 15.1. The third kappa shape index (κ3) is 3.62. The number of hydrogen-bond acceptors (Lipinski definition) is 2. The molecule has 0 heterocycles. The molecule has 0 aliphatic heterocycles. The van der Waals surface area contributed by atoms with E-state index in [2.05, 4.69) is 20.7 Å². The maximum absolute atomic E-state index is 13.6. The zero-order chi connectivity index (χ0) is 14.8. The summed E-state index contributed by atoms with van der Waals surface area (Å²) in [4.78, 5) is -0.436. The molecule has 0 aliphatic carbocycles. The lowest BCUT2D eigenvalue weighted by atomic mass is 10.2. The number of rotatable bonds is 4. The van der Waals surface area contributed by atoms with Crippen LogP contribution in [0, 0.1) is 11.6 Å². The molecule has 0 aliphatic rings. The fourth-order valence-corrected chi connectivity index (χ4v) is 3.17. The smallest absolute Gasteiger partial charge is 0.207 e. The predicted molar refractivity (Wildman–Crippen MR) is 74.5 cm³/mol. The molecule has 106 valence electrons. The van der Waals surface area contributed by atoms with Crippen LogP contribution in [0.2, 0.25) is 0 Å². The van der Waals surface area contributed by atoms with Crippen LogP contribution in [0.1, 0.15) is 5.56 Å². The van der Waals surface area contributed by atoms with Crippen LogP contribution in [0.25, 0.3) is 0 Å². The van der Waals surface area contributed by atoms with E-state index in [-0.39, 0.29) is 6.54 Å². The summed E-state index contributed by atoms with van der Waals surface area (Å²) in [5, 5.41) is 0. The number of sulfonamides is 1. The lowest BCUT2D eigenvalue weighted by Crippen LogP contribution is -2.24. The summed E-state index contributed by atoms with van der Waals surface area (Å²) in [6.45, 7) is -0.0471. The average Bonchev–Trinajstić information content (AvgIpc) is 2.41. The molecule has 0 fully saturated rings. The summed E-state index contributed by atoms with van der Waals surface area (Å²) in [5.41, 5.74) is 0.574. The van der Waals surface area contributed by atoms with E-state index in [0.29, 0.717) is 10.0 Å². The predicted octanol–water partition coefficient (Wildman–Crippen LogP) is 3.21. The van der Waals surface area contributed by atoms with E-state index < -0.39 is 26.6 Å². The molecule has 0 radical (unpaired) electrons. The number of nitrogens with one attached hydrogen (secondary N) is 1. The van der Waals surface area contributed by atoms with Crippen molar-refractivity contribution in [3.05, 3.63) is 64.1 Å². The Balaban J connectivity index is 2.19. The van der Waals surface area contributed by atoms with Gasteiger partial charge in [0.2, 0.25) is 10.0 Å². The molecule has 0 atom stereocenters. The lowest BCUT2D eigenvalue weighted by molar-refractivity contribution is 0.556. The van der Waals surface area contributed by atoms with Gasteiger partial charge in [-0.25, -0.2) is 21.9 Å². The van der Waals surface area contributed by atoms with Gasteiger partial charge in [-0.05, 0) is 35.9 Å². The van der Waals surface area contributed by atoms with Crippen molar-refractivity contribution in [3.8, 4) is 0 Å². The molecular weight excluding hydrogens is 352 g/mol. The van der Waals surface area contributed by atoms with Crippen LogP contribution in [0.3, 0.4) is 0 Å². The molecule has 2 aromatic rings. The van der Waals surface area contributed by atoms with Gasteiger partial charge in [0.25, 0.3) is 0 Å². The van der Waals surface area contributed by atoms with Crippen LogP contribution in [0.15, 0.2) is 51.8 Å². The highest BCUT2D eigenvalue weighted by atomic mass is 79.9. The van der Waals surface area contributed by atoms with Gasteiger partial charge in [-0.15, -0.1) is 0 Å². The number of benzene rings is 2. The topological polar surface area (TPSA) is 46.2 Å². The number of halogens is 3. The van der Waals surface area contributed by atoms with E-state index in [1.165, 1.54) is 36.4 Å². The van der Waals surface area contributed by atoms with E-state index in [0.717, 1.165) is 6.07 Å². The molecule has 0 saturated heterocycles. The number of hydrogen-bond donors (Lipinski definition) is 1. The third-order valence-corrected chi connectivity index (χ3v) is 4.47. The minimum Gasteiger partial charge on any atom is -0.207 e. The Labute approximate surface area is 123 Å². The van der Waals surface area contributed by atoms with Crippen molar-refractivity contribution in [2.75, 3.05) is 0 Å². The Hall–Kier alpha value is -1.31. The molecule has 3 nitrogen and oxygen atoms in total. The maximum atomic E-state index is 13.6. The molecule has 0 spiro atoms. The first-order valence-corrected chi connectivity index (χ1v) is 7.85. The maximum Gasteiger partial charge on any atom is 0.243 e. The highest BCUT2D eigenvalue weighted by molar-refractivity contribution is 9.10. The van der Waals surface area contributed by atoms with Crippen LogP contribution in [0.5, 0.6) is 0 Å². The quantitative estimate of drug-likeness (QED) is 0.908. The first-order chi connectivity index (χ1) is 9.38. The van der Waals surface area contributed by atoms with Crippen molar-refractivity contribution in [1.82, 2.24) is 4.72 Å². The normalized spacial score (nSPS) is 11.6. The summed E-state index contributed by atoms with van der Waals surface area (Å²) in [6, 6.07) is 9.02. The molecule has 1 N–H and O–H groups in total. The molecule has 20 heavy (non-hydrogen) atoms. The molecule has 7 heteroatoms. The van der Waals surface area contributed by atoms with Crippen molar-refractivity contribution in [3.63, 3.8) is 0 Å². The van der Waals surface area contributed by atoms with E-state index in [9.17, 15) is 17.2 Å².